The third-order valence-electron chi connectivity index (χ3n) is 1.53. The Bertz CT molecular complexity index is 162. The van der Waals surface area contributed by atoms with E-state index in [1.165, 1.54) is 0 Å². The van der Waals surface area contributed by atoms with Crippen LogP contribution >= 0.6 is 0 Å². The van der Waals surface area contributed by atoms with Gasteiger partial charge in [0.1, 0.15) is 0 Å². The van der Waals surface area contributed by atoms with E-state index in [1.54, 1.807) is 9.26 Å². The Morgan fingerprint density at radius 1 is 1.56 bits per heavy atom. The van der Waals surface area contributed by atoms with Crippen molar-refractivity contribution < 1.29 is 23.5 Å². The molecule has 0 unspecified atom stereocenters. The van der Waals surface area contributed by atoms with Gasteiger partial charge in [0.25, 0.3) is 0 Å². The van der Waals surface area contributed by atoms with E-state index in [0.717, 1.165) is 9.70 Å². The molecule has 0 aromatic carbocycles. The second-order valence-corrected chi connectivity index (χ2v) is 11.6. The Kier molecular flexibility index (Phi) is 2.05. The first-order chi connectivity index (χ1) is 4.11. The number of hydrogen-bond acceptors (Lipinski definition) is 0. The average molecular weight is 205 g/mol. The molecule has 0 aromatic rings. The van der Waals surface area contributed by atoms with Crippen molar-refractivity contribution in [2.24, 2.45) is 0 Å². The summed E-state index contributed by atoms with van der Waals surface area (Å²) in [6.45, 7) is 0. The van der Waals surface area contributed by atoms with Crippen LogP contribution in [0, 0.1) is 0 Å². The molecular formula is C7H11FZr. The summed E-state index contributed by atoms with van der Waals surface area (Å²) in [4.78, 5) is 0. The van der Waals surface area contributed by atoms with E-state index in [1.807, 2.05) is 18.2 Å². The SMILES string of the molecule is [CH3][Zr]([CH3])([F])[C]1=CC=CC1. The molecule has 0 heterocycles. The fourth-order valence-corrected chi connectivity index (χ4v) is 3.58. The molecule has 0 fully saturated rings. The maximum atomic E-state index is 13.2. The van der Waals surface area contributed by atoms with Gasteiger partial charge in [-0.05, 0) is 0 Å². The van der Waals surface area contributed by atoms with Crippen molar-refractivity contribution in [2.45, 2.75) is 15.7 Å². The van der Waals surface area contributed by atoms with Crippen LogP contribution in [0.5, 0.6) is 0 Å². The van der Waals surface area contributed by atoms with Crippen molar-refractivity contribution in [2.75, 3.05) is 0 Å². The van der Waals surface area contributed by atoms with Crippen LogP contribution in [0.4, 0.5) is 2.63 Å². The minimum absolute atomic E-state index is 0.875. The molecule has 1 aliphatic rings. The van der Waals surface area contributed by atoms with Gasteiger partial charge >= 0.3 is 60.7 Å². The molecule has 1 rings (SSSR count). The van der Waals surface area contributed by atoms with E-state index in [-0.39, 0.29) is 0 Å². The Hall–Kier alpha value is 0.293. The normalized spacial score (nSPS) is 18.3. The van der Waals surface area contributed by atoms with E-state index in [4.69, 9.17) is 0 Å². The quantitative estimate of drug-likeness (QED) is 0.617. The molecule has 0 radical (unpaired) electrons. The van der Waals surface area contributed by atoms with Gasteiger partial charge in [-0.3, -0.25) is 0 Å². The van der Waals surface area contributed by atoms with Crippen molar-refractivity contribution >= 4 is 0 Å². The van der Waals surface area contributed by atoms with Crippen LogP contribution in [0.1, 0.15) is 6.42 Å². The van der Waals surface area contributed by atoms with Crippen molar-refractivity contribution in [3.63, 3.8) is 0 Å². The molecule has 0 saturated heterocycles. The Morgan fingerprint density at radius 3 is 2.44 bits per heavy atom. The van der Waals surface area contributed by atoms with Gasteiger partial charge < -0.3 is 0 Å². The minimum atomic E-state index is -3.09. The molecule has 0 N–H and O–H groups in total. The molecule has 0 aromatic heterocycles. The average Bonchev–Trinajstić information content (AvgIpc) is 2.08. The third-order valence-corrected chi connectivity index (χ3v) is 6.20. The number of hydrogen-bond donors (Lipinski definition) is 0. The second kappa shape index (κ2) is 2.50. The van der Waals surface area contributed by atoms with E-state index in [2.05, 4.69) is 0 Å². The van der Waals surface area contributed by atoms with Crippen LogP contribution < -0.4 is 0 Å². The van der Waals surface area contributed by atoms with Gasteiger partial charge in [0.15, 0.2) is 0 Å². The van der Waals surface area contributed by atoms with Gasteiger partial charge in [0.2, 0.25) is 0 Å². The number of allylic oxidation sites excluding steroid dienone is 4. The third kappa shape index (κ3) is 1.86. The summed E-state index contributed by atoms with van der Waals surface area (Å²) >= 11 is -3.09. The second-order valence-electron chi connectivity index (χ2n) is 2.80. The molecule has 9 heavy (non-hydrogen) atoms. The Labute approximate surface area is 60.7 Å². The Morgan fingerprint density at radius 2 is 2.22 bits per heavy atom. The molecule has 0 saturated carbocycles. The summed E-state index contributed by atoms with van der Waals surface area (Å²) in [6, 6.07) is 0. The van der Waals surface area contributed by atoms with Gasteiger partial charge in [-0.1, -0.05) is 0 Å². The number of halogens is 1. The van der Waals surface area contributed by atoms with Gasteiger partial charge in [0, 0.05) is 0 Å². The van der Waals surface area contributed by atoms with E-state index in [0.29, 0.717) is 0 Å². The van der Waals surface area contributed by atoms with E-state index >= 15 is 0 Å². The summed E-state index contributed by atoms with van der Waals surface area (Å²) in [7, 11) is 0. The first kappa shape index (κ1) is 7.40. The fraction of sp³-hybridized carbons (Fsp3) is 0.429. The van der Waals surface area contributed by atoms with Gasteiger partial charge in [0.05, 0.1) is 0 Å². The predicted molar refractivity (Wildman–Crippen MR) is 34.7 cm³/mol. The maximum absolute atomic E-state index is 13.2. The van der Waals surface area contributed by atoms with Gasteiger partial charge in [-0.15, -0.1) is 0 Å². The zero-order chi connectivity index (χ0) is 6.91. The molecule has 0 bridgehead atoms. The van der Waals surface area contributed by atoms with Crippen molar-refractivity contribution in [3.8, 4) is 0 Å². The van der Waals surface area contributed by atoms with Crippen molar-refractivity contribution in [1.29, 1.82) is 0 Å². The van der Waals surface area contributed by atoms with Gasteiger partial charge in [-0.2, -0.15) is 0 Å². The molecule has 0 spiro atoms. The first-order valence-corrected chi connectivity index (χ1v) is 10.2. The van der Waals surface area contributed by atoms with Crippen LogP contribution in [0.25, 0.3) is 0 Å². The van der Waals surface area contributed by atoms with Crippen molar-refractivity contribution in [1.82, 2.24) is 0 Å². The van der Waals surface area contributed by atoms with Crippen LogP contribution in [0.2, 0.25) is 9.26 Å². The van der Waals surface area contributed by atoms with Crippen LogP contribution in [-0.4, -0.2) is 0 Å². The van der Waals surface area contributed by atoms with E-state index < -0.39 is 20.9 Å². The van der Waals surface area contributed by atoms with Crippen LogP contribution in [-0.2, 0) is 20.9 Å². The van der Waals surface area contributed by atoms with E-state index in [9.17, 15) is 2.63 Å². The fourth-order valence-electron chi connectivity index (χ4n) is 0.888. The zero-order valence-corrected chi connectivity index (χ0v) is 8.28. The van der Waals surface area contributed by atoms with Crippen LogP contribution in [0.15, 0.2) is 21.5 Å². The summed E-state index contributed by atoms with van der Waals surface area (Å²) in [5.41, 5.74) is 0. The van der Waals surface area contributed by atoms with Gasteiger partial charge in [-0.25, -0.2) is 0 Å². The Balaban J connectivity index is 2.66. The zero-order valence-electron chi connectivity index (χ0n) is 5.82. The molecule has 0 nitrogen and oxygen atoms in total. The molecule has 50 valence electrons. The van der Waals surface area contributed by atoms with Crippen molar-refractivity contribution in [3.05, 3.63) is 21.5 Å². The number of rotatable bonds is 1. The molecule has 0 aliphatic heterocycles. The molecular weight excluding hydrogens is 194 g/mol. The summed E-state index contributed by atoms with van der Waals surface area (Å²) in [5.74, 6) is 0. The molecule has 1 aliphatic carbocycles. The molecule has 2 heteroatoms. The molecule has 0 atom stereocenters. The molecule has 0 amide bonds. The first-order valence-electron chi connectivity index (χ1n) is 3.16. The topological polar surface area (TPSA) is 0 Å². The predicted octanol–water partition coefficient (Wildman–Crippen LogP) is 2.96. The summed E-state index contributed by atoms with van der Waals surface area (Å²) in [5, 5.41) is 0. The summed E-state index contributed by atoms with van der Waals surface area (Å²) in [6.07, 6.45) is 6.79. The van der Waals surface area contributed by atoms with Crippen LogP contribution in [0.3, 0.4) is 0 Å². The standard InChI is InChI=1S/C5H5.2CH3.FH.Zr/c1-2-4-5-3-1;;;;/h1-3H,4H2;2*1H3;1H;/q;;;;+1/p-1. The summed E-state index contributed by atoms with van der Waals surface area (Å²) < 4.78 is 17.9. The monoisotopic (exact) mass is 204 g/mol.